The van der Waals surface area contributed by atoms with Crippen LogP contribution in [0, 0.1) is 12.8 Å². The first-order valence-electron chi connectivity index (χ1n) is 7.49. The summed E-state index contributed by atoms with van der Waals surface area (Å²) in [6, 6.07) is 12.1. The number of para-hydroxylation sites is 1. The van der Waals surface area contributed by atoms with E-state index in [1.165, 1.54) is 0 Å². The van der Waals surface area contributed by atoms with E-state index in [-0.39, 0.29) is 18.9 Å². The highest BCUT2D eigenvalue weighted by molar-refractivity contribution is 6.32. The summed E-state index contributed by atoms with van der Waals surface area (Å²) in [5, 5.41) is 0.945. The normalized spacial score (nSPS) is 17.2. The van der Waals surface area contributed by atoms with Gasteiger partial charge in [0.2, 0.25) is 5.91 Å². The number of hydrogen-bond acceptors (Lipinski definition) is 3. The lowest BCUT2D eigenvalue weighted by Crippen LogP contribution is -2.27. The van der Waals surface area contributed by atoms with Crippen molar-refractivity contribution in [2.75, 3.05) is 11.4 Å². The average molecular weight is 364 g/mol. The largest absolute Gasteiger partial charge is 0.425 e. The molecule has 124 valence electrons. The third-order valence-corrected chi connectivity index (χ3v) is 4.76. The molecular weight excluding hydrogens is 349 g/mol. The SMILES string of the molecule is Cc1c(Cl)cccc1N1C[C@H](C(=O)Oc2ccccc2Cl)CC1=O. The summed E-state index contributed by atoms with van der Waals surface area (Å²) in [7, 11) is 0. The first kappa shape index (κ1) is 16.8. The third kappa shape index (κ3) is 3.25. The van der Waals surface area contributed by atoms with E-state index in [1.54, 1.807) is 41.3 Å². The summed E-state index contributed by atoms with van der Waals surface area (Å²) in [6.07, 6.45) is 0.106. The molecule has 3 rings (SSSR count). The second-order valence-corrected chi connectivity index (χ2v) is 6.46. The van der Waals surface area contributed by atoms with Crippen LogP contribution in [0.1, 0.15) is 12.0 Å². The van der Waals surface area contributed by atoms with Crippen molar-refractivity contribution < 1.29 is 14.3 Å². The Hall–Kier alpha value is -2.04. The maximum absolute atomic E-state index is 12.4. The first-order chi connectivity index (χ1) is 11.5. The molecule has 1 atom stereocenters. The van der Waals surface area contributed by atoms with E-state index in [9.17, 15) is 9.59 Å². The molecule has 1 aliphatic rings. The third-order valence-electron chi connectivity index (χ3n) is 4.04. The Kier molecular flexibility index (Phi) is 4.78. The smallest absolute Gasteiger partial charge is 0.316 e. The highest BCUT2D eigenvalue weighted by Gasteiger charge is 2.37. The molecule has 1 heterocycles. The van der Waals surface area contributed by atoms with Gasteiger partial charge in [0.25, 0.3) is 0 Å². The fourth-order valence-electron chi connectivity index (χ4n) is 2.71. The van der Waals surface area contributed by atoms with Crippen molar-refractivity contribution in [3.05, 3.63) is 58.1 Å². The van der Waals surface area contributed by atoms with Crippen molar-refractivity contribution in [2.45, 2.75) is 13.3 Å². The van der Waals surface area contributed by atoms with Crippen molar-refractivity contribution in [1.82, 2.24) is 0 Å². The van der Waals surface area contributed by atoms with Gasteiger partial charge in [0, 0.05) is 23.7 Å². The van der Waals surface area contributed by atoms with Crippen LogP contribution in [0.5, 0.6) is 5.75 Å². The second kappa shape index (κ2) is 6.83. The molecule has 24 heavy (non-hydrogen) atoms. The number of benzene rings is 2. The number of carbonyl (C=O) groups is 2. The molecule has 0 spiro atoms. The van der Waals surface area contributed by atoms with Gasteiger partial charge in [-0.05, 0) is 36.8 Å². The molecule has 0 radical (unpaired) electrons. The number of amides is 1. The zero-order valence-corrected chi connectivity index (χ0v) is 14.5. The van der Waals surface area contributed by atoms with Gasteiger partial charge in [0.05, 0.1) is 10.9 Å². The second-order valence-electron chi connectivity index (χ2n) is 5.64. The topological polar surface area (TPSA) is 46.6 Å². The minimum Gasteiger partial charge on any atom is -0.425 e. The highest BCUT2D eigenvalue weighted by atomic mass is 35.5. The van der Waals surface area contributed by atoms with Gasteiger partial charge in [-0.1, -0.05) is 41.4 Å². The minimum absolute atomic E-state index is 0.106. The van der Waals surface area contributed by atoms with E-state index < -0.39 is 11.9 Å². The van der Waals surface area contributed by atoms with Crippen LogP contribution < -0.4 is 9.64 Å². The first-order valence-corrected chi connectivity index (χ1v) is 8.24. The summed E-state index contributed by atoms with van der Waals surface area (Å²) in [6.45, 7) is 2.11. The van der Waals surface area contributed by atoms with Crippen LogP contribution in [0.4, 0.5) is 5.69 Å². The van der Waals surface area contributed by atoms with E-state index in [1.807, 2.05) is 13.0 Å². The van der Waals surface area contributed by atoms with Crippen LogP contribution in [-0.4, -0.2) is 18.4 Å². The minimum atomic E-state index is -0.535. The zero-order valence-electron chi connectivity index (χ0n) is 13.0. The van der Waals surface area contributed by atoms with Gasteiger partial charge in [-0.15, -0.1) is 0 Å². The summed E-state index contributed by atoms with van der Waals surface area (Å²) in [4.78, 5) is 26.3. The molecule has 2 aromatic carbocycles. The summed E-state index contributed by atoms with van der Waals surface area (Å²) >= 11 is 12.1. The lowest BCUT2D eigenvalue weighted by atomic mass is 10.1. The number of halogens is 2. The molecule has 1 aliphatic heterocycles. The van der Waals surface area contributed by atoms with Crippen LogP contribution in [-0.2, 0) is 9.59 Å². The van der Waals surface area contributed by atoms with Gasteiger partial charge >= 0.3 is 5.97 Å². The Bertz CT molecular complexity index is 807. The molecule has 0 aliphatic carbocycles. The standard InChI is InChI=1S/C18H15Cl2NO3/c1-11-13(19)6-4-7-15(11)21-10-12(9-17(21)22)18(23)24-16-8-3-2-5-14(16)20/h2-8,12H,9-10H2,1H3/t12-/m1/s1. The van der Waals surface area contributed by atoms with Gasteiger partial charge in [0.15, 0.2) is 0 Å². The zero-order chi connectivity index (χ0) is 17.3. The van der Waals surface area contributed by atoms with Gasteiger partial charge in [-0.25, -0.2) is 0 Å². The quantitative estimate of drug-likeness (QED) is 0.604. The molecule has 1 amide bonds. The van der Waals surface area contributed by atoms with Crippen molar-refractivity contribution in [3.8, 4) is 5.75 Å². The Morgan fingerprint density at radius 1 is 1.12 bits per heavy atom. The molecule has 6 heteroatoms. The van der Waals surface area contributed by atoms with E-state index in [2.05, 4.69) is 0 Å². The Morgan fingerprint density at radius 2 is 1.83 bits per heavy atom. The van der Waals surface area contributed by atoms with E-state index in [0.29, 0.717) is 15.8 Å². The van der Waals surface area contributed by atoms with Crippen molar-refractivity contribution in [1.29, 1.82) is 0 Å². The molecule has 1 fully saturated rings. The molecule has 2 aromatic rings. The molecule has 0 aromatic heterocycles. The maximum Gasteiger partial charge on any atom is 0.316 e. The maximum atomic E-state index is 12.4. The van der Waals surface area contributed by atoms with Crippen LogP contribution in [0.25, 0.3) is 0 Å². The Labute approximate surface area is 149 Å². The predicted octanol–water partition coefficient (Wildman–Crippen LogP) is 4.26. The molecule has 4 nitrogen and oxygen atoms in total. The van der Waals surface area contributed by atoms with Crippen molar-refractivity contribution in [2.24, 2.45) is 5.92 Å². The van der Waals surface area contributed by atoms with Crippen LogP contribution in [0.2, 0.25) is 10.0 Å². The molecule has 0 unspecified atom stereocenters. The number of carbonyl (C=O) groups excluding carboxylic acids is 2. The van der Waals surface area contributed by atoms with E-state index in [0.717, 1.165) is 11.3 Å². The summed E-state index contributed by atoms with van der Waals surface area (Å²) in [5.74, 6) is -0.818. The molecule has 0 saturated carbocycles. The van der Waals surface area contributed by atoms with Gasteiger partial charge in [-0.2, -0.15) is 0 Å². The number of rotatable bonds is 3. The van der Waals surface area contributed by atoms with Gasteiger partial charge in [0.1, 0.15) is 5.75 Å². The van der Waals surface area contributed by atoms with Crippen LogP contribution in [0.3, 0.4) is 0 Å². The van der Waals surface area contributed by atoms with Gasteiger partial charge in [-0.3, -0.25) is 9.59 Å². The van der Waals surface area contributed by atoms with Crippen LogP contribution >= 0.6 is 23.2 Å². The van der Waals surface area contributed by atoms with Crippen LogP contribution in [0.15, 0.2) is 42.5 Å². The average Bonchev–Trinajstić information content (AvgIpc) is 2.94. The number of ether oxygens (including phenoxy) is 1. The highest BCUT2D eigenvalue weighted by Crippen LogP contribution is 2.32. The summed E-state index contributed by atoms with van der Waals surface area (Å²) < 4.78 is 5.34. The fourth-order valence-corrected chi connectivity index (χ4v) is 3.05. The van der Waals surface area contributed by atoms with Gasteiger partial charge < -0.3 is 9.64 Å². The Morgan fingerprint density at radius 3 is 2.58 bits per heavy atom. The Balaban J connectivity index is 1.76. The summed E-state index contributed by atoms with van der Waals surface area (Å²) in [5.41, 5.74) is 1.54. The number of nitrogens with zero attached hydrogens (tertiary/aromatic N) is 1. The lowest BCUT2D eigenvalue weighted by Gasteiger charge is -2.19. The monoisotopic (exact) mass is 363 g/mol. The molecule has 1 saturated heterocycles. The van der Waals surface area contributed by atoms with Crippen molar-refractivity contribution in [3.63, 3.8) is 0 Å². The number of hydrogen-bond donors (Lipinski definition) is 0. The van der Waals surface area contributed by atoms with Crippen molar-refractivity contribution >= 4 is 40.8 Å². The van der Waals surface area contributed by atoms with E-state index >= 15 is 0 Å². The number of anilines is 1. The predicted molar refractivity (Wildman–Crippen MR) is 93.7 cm³/mol. The fraction of sp³-hybridized carbons (Fsp3) is 0.222. The molecule has 0 bridgehead atoms. The molecule has 0 N–H and O–H groups in total. The molecular formula is C18H15Cl2NO3. The lowest BCUT2D eigenvalue weighted by molar-refractivity contribution is -0.139. The van der Waals surface area contributed by atoms with E-state index in [4.69, 9.17) is 27.9 Å². The number of esters is 1.